The third-order valence-electron chi connectivity index (χ3n) is 2.99. The van der Waals surface area contributed by atoms with E-state index in [0.717, 1.165) is 11.1 Å². The second-order valence-corrected chi connectivity index (χ2v) is 6.92. The minimum absolute atomic E-state index is 0.532. The summed E-state index contributed by atoms with van der Waals surface area (Å²) in [6, 6.07) is 11.1. The van der Waals surface area contributed by atoms with Crippen LogP contribution in [0.15, 0.2) is 58.0 Å². The molecule has 0 aliphatic carbocycles. The van der Waals surface area contributed by atoms with Crippen molar-refractivity contribution in [2.75, 3.05) is 5.01 Å². The van der Waals surface area contributed by atoms with Crippen molar-refractivity contribution in [2.45, 2.75) is 26.4 Å². The van der Waals surface area contributed by atoms with Gasteiger partial charge in [0.1, 0.15) is 5.60 Å². The van der Waals surface area contributed by atoms with Crippen LogP contribution in [0.25, 0.3) is 6.08 Å². The molecule has 0 atom stereocenters. The molecule has 0 saturated heterocycles. The Hall–Kier alpha value is -2.22. The van der Waals surface area contributed by atoms with Gasteiger partial charge in [-0.3, -0.25) is 4.98 Å². The number of hydrazone groups is 1. The molecule has 1 aromatic heterocycles. The molecule has 0 bridgehead atoms. The third kappa shape index (κ3) is 6.30. The standard InChI is InChI=1S/C19H20IN3O2/c1-19(2,3)25-18(24)23(22-14-16-9-12-21-13-10-16)17-6-4-15(5-7-17)8-11-20/h4-14H,1-3H3/b11-8+,22-14+. The summed E-state index contributed by atoms with van der Waals surface area (Å²) in [6.45, 7) is 5.47. The number of pyridine rings is 1. The number of anilines is 1. The maximum Gasteiger partial charge on any atom is 0.435 e. The summed E-state index contributed by atoms with van der Waals surface area (Å²) in [5.41, 5.74) is 1.91. The minimum atomic E-state index is -0.606. The van der Waals surface area contributed by atoms with Crippen molar-refractivity contribution in [3.8, 4) is 0 Å². The first kappa shape index (κ1) is 19.1. The zero-order valence-corrected chi connectivity index (χ0v) is 16.5. The Morgan fingerprint density at radius 2 is 1.76 bits per heavy atom. The number of amides is 1. The van der Waals surface area contributed by atoms with Crippen LogP contribution in [-0.4, -0.2) is 22.9 Å². The van der Waals surface area contributed by atoms with Gasteiger partial charge in [0.25, 0.3) is 0 Å². The summed E-state index contributed by atoms with van der Waals surface area (Å²) < 4.78 is 7.40. The second kappa shape index (κ2) is 8.75. The molecule has 1 amide bonds. The van der Waals surface area contributed by atoms with Gasteiger partial charge >= 0.3 is 6.09 Å². The van der Waals surface area contributed by atoms with Crippen molar-refractivity contribution in [1.82, 2.24) is 4.98 Å². The van der Waals surface area contributed by atoms with E-state index in [2.05, 4.69) is 32.7 Å². The minimum Gasteiger partial charge on any atom is -0.442 e. The lowest BCUT2D eigenvalue weighted by Crippen LogP contribution is -2.33. The lowest BCUT2D eigenvalue weighted by atomic mass is 10.2. The number of benzene rings is 1. The van der Waals surface area contributed by atoms with Gasteiger partial charge in [-0.25, -0.2) is 4.79 Å². The highest BCUT2D eigenvalue weighted by molar-refractivity contribution is 14.1. The van der Waals surface area contributed by atoms with Crippen molar-refractivity contribution >= 4 is 46.7 Å². The molecule has 0 aliphatic heterocycles. The Balaban J connectivity index is 2.31. The average Bonchev–Trinajstić information content (AvgIpc) is 2.56. The number of nitrogens with zero attached hydrogens (tertiary/aromatic N) is 3. The van der Waals surface area contributed by atoms with Crippen molar-refractivity contribution in [1.29, 1.82) is 0 Å². The highest BCUT2D eigenvalue weighted by atomic mass is 127. The van der Waals surface area contributed by atoms with Crippen LogP contribution in [-0.2, 0) is 4.74 Å². The first-order valence-corrected chi connectivity index (χ1v) is 8.97. The first-order valence-electron chi connectivity index (χ1n) is 7.73. The number of rotatable bonds is 4. The highest BCUT2D eigenvalue weighted by Gasteiger charge is 2.23. The summed E-state index contributed by atoms with van der Waals surface area (Å²) in [5, 5.41) is 5.56. The molecular formula is C19H20IN3O2. The van der Waals surface area contributed by atoms with Crippen LogP contribution in [0.5, 0.6) is 0 Å². The molecule has 130 valence electrons. The molecule has 1 heterocycles. The van der Waals surface area contributed by atoms with Crippen LogP contribution in [0.1, 0.15) is 31.9 Å². The van der Waals surface area contributed by atoms with Crippen LogP contribution < -0.4 is 5.01 Å². The SMILES string of the molecule is CC(C)(C)OC(=O)N(/N=C/c1ccncc1)c1ccc(/C=C/I)cc1. The van der Waals surface area contributed by atoms with Gasteiger partial charge in [0.2, 0.25) is 0 Å². The molecule has 5 nitrogen and oxygen atoms in total. The van der Waals surface area contributed by atoms with Gasteiger partial charge in [-0.2, -0.15) is 10.1 Å². The molecule has 0 unspecified atom stereocenters. The molecule has 2 rings (SSSR count). The average molecular weight is 449 g/mol. The van der Waals surface area contributed by atoms with E-state index in [-0.39, 0.29) is 0 Å². The summed E-state index contributed by atoms with van der Waals surface area (Å²) in [6.07, 6.45) is 6.39. The van der Waals surface area contributed by atoms with Gasteiger partial charge in [-0.1, -0.05) is 34.7 Å². The predicted molar refractivity (Wildman–Crippen MR) is 110 cm³/mol. The highest BCUT2D eigenvalue weighted by Crippen LogP contribution is 2.20. The van der Waals surface area contributed by atoms with E-state index in [4.69, 9.17) is 4.74 Å². The van der Waals surface area contributed by atoms with E-state index in [9.17, 15) is 4.79 Å². The van der Waals surface area contributed by atoms with Crippen LogP contribution >= 0.6 is 22.6 Å². The molecular weight excluding hydrogens is 429 g/mol. The van der Waals surface area contributed by atoms with E-state index in [1.54, 1.807) is 18.6 Å². The molecule has 25 heavy (non-hydrogen) atoms. The Morgan fingerprint density at radius 1 is 1.12 bits per heavy atom. The smallest absolute Gasteiger partial charge is 0.435 e. The zero-order chi connectivity index (χ0) is 18.3. The Morgan fingerprint density at radius 3 is 2.32 bits per heavy atom. The summed E-state index contributed by atoms with van der Waals surface area (Å²) in [4.78, 5) is 16.5. The number of hydrogen-bond donors (Lipinski definition) is 0. The molecule has 1 aromatic carbocycles. The van der Waals surface area contributed by atoms with Gasteiger partial charge in [-0.05, 0) is 66.3 Å². The van der Waals surface area contributed by atoms with Crippen LogP contribution in [0, 0.1) is 0 Å². The third-order valence-corrected chi connectivity index (χ3v) is 3.35. The molecule has 0 saturated carbocycles. The van der Waals surface area contributed by atoms with Crippen molar-refractivity contribution < 1.29 is 9.53 Å². The molecule has 6 heteroatoms. The van der Waals surface area contributed by atoms with Gasteiger partial charge < -0.3 is 4.74 Å². The van der Waals surface area contributed by atoms with E-state index < -0.39 is 11.7 Å². The maximum atomic E-state index is 12.6. The normalized spacial score (nSPS) is 11.8. The number of carbonyl (C=O) groups is 1. The molecule has 0 radical (unpaired) electrons. The van der Waals surface area contributed by atoms with Crippen LogP contribution in [0.3, 0.4) is 0 Å². The molecule has 0 spiro atoms. The zero-order valence-electron chi connectivity index (χ0n) is 14.4. The Labute approximate surface area is 161 Å². The quantitative estimate of drug-likeness (QED) is 0.364. The van der Waals surface area contributed by atoms with Gasteiger partial charge in [-0.15, -0.1) is 0 Å². The van der Waals surface area contributed by atoms with Crippen molar-refractivity contribution in [3.63, 3.8) is 0 Å². The Kier molecular flexibility index (Phi) is 6.69. The fourth-order valence-electron chi connectivity index (χ4n) is 1.90. The van der Waals surface area contributed by atoms with E-state index in [1.807, 2.05) is 67.3 Å². The lowest BCUT2D eigenvalue weighted by Gasteiger charge is -2.24. The van der Waals surface area contributed by atoms with E-state index in [0.29, 0.717) is 5.69 Å². The number of ether oxygens (including phenoxy) is 1. The first-order chi connectivity index (χ1) is 11.9. The molecule has 0 aliphatic rings. The van der Waals surface area contributed by atoms with E-state index >= 15 is 0 Å². The Bertz CT molecular complexity index is 750. The number of carbonyl (C=O) groups excluding carboxylic acids is 1. The summed E-state index contributed by atoms with van der Waals surface area (Å²) in [7, 11) is 0. The second-order valence-electron chi connectivity index (χ2n) is 6.20. The monoisotopic (exact) mass is 449 g/mol. The van der Waals surface area contributed by atoms with Crippen molar-refractivity contribution in [3.05, 3.63) is 64.0 Å². The maximum absolute atomic E-state index is 12.6. The number of halogens is 1. The predicted octanol–water partition coefficient (Wildman–Crippen LogP) is 5.26. The van der Waals surface area contributed by atoms with Gasteiger partial charge in [0, 0.05) is 12.4 Å². The van der Waals surface area contributed by atoms with Crippen molar-refractivity contribution in [2.24, 2.45) is 5.10 Å². The fraction of sp³-hybridized carbons (Fsp3) is 0.211. The van der Waals surface area contributed by atoms with Gasteiger partial charge in [0.15, 0.2) is 0 Å². The number of hydrogen-bond acceptors (Lipinski definition) is 4. The summed E-state index contributed by atoms with van der Waals surface area (Å²) in [5.74, 6) is 0. The van der Waals surface area contributed by atoms with E-state index in [1.165, 1.54) is 5.01 Å². The molecule has 0 N–H and O–H groups in total. The molecule has 2 aromatic rings. The largest absolute Gasteiger partial charge is 0.442 e. The molecule has 0 fully saturated rings. The lowest BCUT2D eigenvalue weighted by molar-refractivity contribution is 0.0581. The number of aromatic nitrogens is 1. The van der Waals surface area contributed by atoms with Crippen LogP contribution in [0.2, 0.25) is 0 Å². The topological polar surface area (TPSA) is 54.8 Å². The summed E-state index contributed by atoms with van der Waals surface area (Å²) >= 11 is 2.16. The van der Waals surface area contributed by atoms with Crippen LogP contribution in [0.4, 0.5) is 10.5 Å². The van der Waals surface area contributed by atoms with Gasteiger partial charge in [0.05, 0.1) is 11.9 Å². The fourth-order valence-corrected chi connectivity index (χ4v) is 2.31.